The van der Waals surface area contributed by atoms with Crippen LogP contribution in [0.25, 0.3) is 0 Å². The monoisotopic (exact) mass is 285 g/mol. The van der Waals surface area contributed by atoms with Gasteiger partial charge in [0, 0.05) is 5.56 Å². The average molecular weight is 285 g/mol. The molecule has 0 saturated carbocycles. The molecule has 0 aromatic heterocycles. The van der Waals surface area contributed by atoms with Crippen LogP contribution in [0.1, 0.15) is 55.8 Å². The summed E-state index contributed by atoms with van der Waals surface area (Å²) in [7, 11) is 0. The lowest BCUT2D eigenvalue weighted by atomic mass is 9.93. The molecule has 0 spiro atoms. The van der Waals surface area contributed by atoms with Crippen molar-refractivity contribution < 1.29 is 4.39 Å². The van der Waals surface area contributed by atoms with Gasteiger partial charge < -0.3 is 5.32 Å². The van der Waals surface area contributed by atoms with E-state index in [-0.39, 0.29) is 11.9 Å². The molecule has 2 heteroatoms. The molecule has 0 aliphatic carbocycles. The van der Waals surface area contributed by atoms with Crippen LogP contribution in [0.4, 0.5) is 4.39 Å². The maximum Gasteiger partial charge on any atom is 0.128 e. The zero-order chi connectivity index (χ0) is 15.2. The summed E-state index contributed by atoms with van der Waals surface area (Å²) >= 11 is 0. The van der Waals surface area contributed by atoms with Gasteiger partial charge in [0.1, 0.15) is 5.82 Å². The molecule has 0 aliphatic rings. The van der Waals surface area contributed by atoms with E-state index in [0.29, 0.717) is 11.5 Å². The second-order valence-corrected chi connectivity index (χ2v) is 5.49. The molecule has 2 aromatic carbocycles. The van der Waals surface area contributed by atoms with Crippen molar-refractivity contribution in [3.63, 3.8) is 0 Å². The number of nitrogens with one attached hydrogen (secondary N) is 1. The third-order valence-corrected chi connectivity index (χ3v) is 4.08. The Bertz CT molecular complexity index is 562. The normalized spacial score (nSPS) is 13.9. The van der Waals surface area contributed by atoms with E-state index in [1.54, 1.807) is 6.07 Å². The van der Waals surface area contributed by atoms with Crippen LogP contribution in [0.15, 0.2) is 48.5 Å². The molecule has 0 heterocycles. The van der Waals surface area contributed by atoms with Crippen LogP contribution in [0.5, 0.6) is 0 Å². The SMILES string of the molecule is CCNC(c1ccc(C(C)CC)cc1)c1ccccc1F. The summed E-state index contributed by atoms with van der Waals surface area (Å²) in [5.41, 5.74) is 3.15. The Kier molecular flexibility index (Phi) is 5.51. The Balaban J connectivity index is 2.33. The zero-order valence-electron chi connectivity index (χ0n) is 13.1. The van der Waals surface area contributed by atoms with E-state index in [4.69, 9.17) is 0 Å². The molecule has 1 nitrogen and oxygen atoms in total. The molecule has 2 unspecified atom stereocenters. The fourth-order valence-corrected chi connectivity index (χ4v) is 2.57. The first-order valence-corrected chi connectivity index (χ1v) is 7.75. The largest absolute Gasteiger partial charge is 0.306 e. The molecule has 1 N–H and O–H groups in total. The van der Waals surface area contributed by atoms with Gasteiger partial charge in [0.25, 0.3) is 0 Å². The molecule has 2 aromatic rings. The maximum atomic E-state index is 14.1. The standard InChI is InChI=1S/C19H24FN/c1-4-14(3)15-10-12-16(13-11-15)19(21-5-2)17-8-6-7-9-18(17)20/h6-14,19,21H,4-5H2,1-3H3. The van der Waals surface area contributed by atoms with E-state index in [1.807, 2.05) is 19.1 Å². The molecule has 0 aliphatic heterocycles. The van der Waals surface area contributed by atoms with Crippen molar-refractivity contribution in [3.05, 3.63) is 71.0 Å². The van der Waals surface area contributed by atoms with E-state index in [2.05, 4.69) is 43.4 Å². The van der Waals surface area contributed by atoms with Crippen molar-refractivity contribution in [3.8, 4) is 0 Å². The minimum Gasteiger partial charge on any atom is -0.306 e. The quantitative estimate of drug-likeness (QED) is 0.784. The lowest BCUT2D eigenvalue weighted by Gasteiger charge is -2.20. The van der Waals surface area contributed by atoms with Crippen molar-refractivity contribution >= 4 is 0 Å². The van der Waals surface area contributed by atoms with E-state index < -0.39 is 0 Å². The second-order valence-electron chi connectivity index (χ2n) is 5.49. The lowest BCUT2D eigenvalue weighted by Crippen LogP contribution is -2.23. The fraction of sp³-hybridized carbons (Fsp3) is 0.368. The summed E-state index contributed by atoms with van der Waals surface area (Å²) in [4.78, 5) is 0. The van der Waals surface area contributed by atoms with Crippen molar-refractivity contribution in [2.45, 2.75) is 39.2 Å². The van der Waals surface area contributed by atoms with E-state index >= 15 is 0 Å². The topological polar surface area (TPSA) is 12.0 Å². The number of hydrogen-bond acceptors (Lipinski definition) is 1. The molecule has 0 radical (unpaired) electrons. The zero-order valence-corrected chi connectivity index (χ0v) is 13.1. The van der Waals surface area contributed by atoms with Gasteiger partial charge in [-0.2, -0.15) is 0 Å². The lowest BCUT2D eigenvalue weighted by molar-refractivity contribution is 0.559. The summed E-state index contributed by atoms with van der Waals surface area (Å²) in [6.45, 7) is 7.26. The Morgan fingerprint density at radius 2 is 1.57 bits per heavy atom. The molecule has 0 fully saturated rings. The van der Waals surface area contributed by atoms with Gasteiger partial charge in [0.15, 0.2) is 0 Å². The molecule has 0 saturated heterocycles. The maximum absolute atomic E-state index is 14.1. The van der Waals surface area contributed by atoms with Gasteiger partial charge in [0.2, 0.25) is 0 Å². The molecule has 0 bridgehead atoms. The summed E-state index contributed by atoms with van der Waals surface area (Å²) in [5.74, 6) is 0.402. The van der Waals surface area contributed by atoms with Crippen molar-refractivity contribution in [1.82, 2.24) is 5.32 Å². The number of halogens is 1. The first-order chi connectivity index (χ1) is 10.2. The predicted molar refractivity (Wildman–Crippen MR) is 87.1 cm³/mol. The minimum atomic E-state index is -0.158. The Hall–Kier alpha value is -1.67. The van der Waals surface area contributed by atoms with E-state index in [1.165, 1.54) is 11.6 Å². The van der Waals surface area contributed by atoms with Gasteiger partial charge in [-0.3, -0.25) is 0 Å². The molecular weight excluding hydrogens is 261 g/mol. The highest BCUT2D eigenvalue weighted by molar-refractivity contribution is 5.35. The first kappa shape index (κ1) is 15.7. The molecule has 2 rings (SSSR count). The van der Waals surface area contributed by atoms with Gasteiger partial charge in [-0.1, -0.05) is 63.2 Å². The van der Waals surface area contributed by atoms with Crippen LogP contribution in [-0.4, -0.2) is 6.54 Å². The Morgan fingerprint density at radius 3 is 2.14 bits per heavy atom. The van der Waals surface area contributed by atoms with E-state index in [0.717, 1.165) is 18.5 Å². The van der Waals surface area contributed by atoms with Crippen LogP contribution in [-0.2, 0) is 0 Å². The third kappa shape index (κ3) is 3.70. The Labute approximate surface area is 127 Å². The second kappa shape index (κ2) is 7.37. The van der Waals surface area contributed by atoms with Crippen LogP contribution in [0.3, 0.4) is 0 Å². The molecule has 112 valence electrons. The highest BCUT2D eigenvalue weighted by Gasteiger charge is 2.16. The minimum absolute atomic E-state index is 0.0952. The smallest absolute Gasteiger partial charge is 0.128 e. The van der Waals surface area contributed by atoms with Gasteiger partial charge >= 0.3 is 0 Å². The summed E-state index contributed by atoms with van der Waals surface area (Å²) < 4.78 is 14.1. The van der Waals surface area contributed by atoms with Crippen molar-refractivity contribution in [2.24, 2.45) is 0 Å². The predicted octanol–water partition coefficient (Wildman–Crippen LogP) is 5.04. The Morgan fingerprint density at radius 1 is 0.952 bits per heavy atom. The van der Waals surface area contributed by atoms with Crippen molar-refractivity contribution in [1.29, 1.82) is 0 Å². The van der Waals surface area contributed by atoms with Gasteiger partial charge in [-0.05, 0) is 36.1 Å². The van der Waals surface area contributed by atoms with Gasteiger partial charge in [-0.25, -0.2) is 4.39 Å². The molecular formula is C19H24FN. The fourth-order valence-electron chi connectivity index (χ4n) is 2.57. The van der Waals surface area contributed by atoms with Crippen LogP contribution in [0.2, 0.25) is 0 Å². The molecule has 21 heavy (non-hydrogen) atoms. The van der Waals surface area contributed by atoms with Crippen LogP contribution >= 0.6 is 0 Å². The highest BCUT2D eigenvalue weighted by Crippen LogP contribution is 2.26. The number of hydrogen-bond donors (Lipinski definition) is 1. The summed E-state index contributed by atoms with van der Waals surface area (Å²) in [6, 6.07) is 15.4. The number of rotatable bonds is 6. The van der Waals surface area contributed by atoms with Crippen LogP contribution < -0.4 is 5.32 Å². The van der Waals surface area contributed by atoms with Gasteiger partial charge in [0.05, 0.1) is 6.04 Å². The van der Waals surface area contributed by atoms with E-state index in [9.17, 15) is 4.39 Å². The van der Waals surface area contributed by atoms with Crippen LogP contribution in [0, 0.1) is 5.82 Å². The highest BCUT2D eigenvalue weighted by atomic mass is 19.1. The first-order valence-electron chi connectivity index (χ1n) is 7.75. The van der Waals surface area contributed by atoms with Crippen molar-refractivity contribution in [2.75, 3.05) is 6.54 Å². The average Bonchev–Trinajstić information content (AvgIpc) is 2.53. The van der Waals surface area contributed by atoms with Gasteiger partial charge in [-0.15, -0.1) is 0 Å². The molecule has 2 atom stereocenters. The third-order valence-electron chi connectivity index (χ3n) is 4.08. The summed E-state index contributed by atoms with van der Waals surface area (Å²) in [6.07, 6.45) is 1.13. The molecule has 0 amide bonds. The summed E-state index contributed by atoms with van der Waals surface area (Å²) in [5, 5.41) is 3.38. The number of benzene rings is 2.